The van der Waals surface area contributed by atoms with Gasteiger partial charge in [-0.1, -0.05) is 24.3 Å². The number of aromatic nitrogens is 1. The lowest BCUT2D eigenvalue weighted by molar-refractivity contribution is 0.0986. The zero-order valence-electron chi connectivity index (χ0n) is 9.97. The van der Waals surface area contributed by atoms with Crippen LogP contribution in [0.25, 0.3) is 11.1 Å². The molecule has 1 heterocycles. The maximum Gasteiger partial charge on any atom is 0.203 e. The molecule has 0 spiro atoms. The van der Waals surface area contributed by atoms with Crippen LogP contribution in [0.15, 0.2) is 52.9 Å². The van der Waals surface area contributed by atoms with Crippen molar-refractivity contribution in [1.29, 1.82) is 0 Å². The zero-order chi connectivity index (χ0) is 13.2. The van der Waals surface area contributed by atoms with Crippen LogP contribution in [-0.2, 0) is 6.42 Å². The number of para-hydroxylation sites is 2. The molecule has 0 aliphatic heterocycles. The highest BCUT2D eigenvalue weighted by Crippen LogP contribution is 2.17. The van der Waals surface area contributed by atoms with E-state index in [2.05, 4.69) is 27.6 Å². The molecule has 0 atom stereocenters. The summed E-state index contributed by atoms with van der Waals surface area (Å²) in [5, 5.41) is 0. The molecular weight excluding hydrogens is 353 g/mol. The fourth-order valence-corrected chi connectivity index (χ4v) is 2.44. The van der Waals surface area contributed by atoms with Gasteiger partial charge in [0.05, 0.1) is 6.42 Å². The van der Waals surface area contributed by atoms with E-state index >= 15 is 0 Å². The molecule has 3 rings (SSSR count). The lowest BCUT2D eigenvalue weighted by Gasteiger charge is -1.98. The van der Waals surface area contributed by atoms with Crippen LogP contribution >= 0.6 is 22.6 Å². The smallest absolute Gasteiger partial charge is 0.203 e. The van der Waals surface area contributed by atoms with Crippen LogP contribution in [0.2, 0.25) is 0 Å². The van der Waals surface area contributed by atoms with E-state index in [0.717, 1.165) is 9.09 Å². The number of halogens is 1. The molecule has 94 valence electrons. The molecule has 1 aromatic heterocycles. The molecule has 19 heavy (non-hydrogen) atoms. The molecule has 0 amide bonds. The van der Waals surface area contributed by atoms with E-state index in [1.807, 2.05) is 48.5 Å². The molecule has 3 nitrogen and oxygen atoms in total. The van der Waals surface area contributed by atoms with E-state index in [4.69, 9.17) is 4.42 Å². The Hall–Kier alpha value is -1.69. The minimum absolute atomic E-state index is 0.0186. The number of fused-ring (bicyclic) bond motifs is 1. The summed E-state index contributed by atoms with van der Waals surface area (Å²) in [6, 6.07) is 15.0. The number of carbonyl (C=O) groups is 1. The van der Waals surface area contributed by atoms with Crippen LogP contribution in [-0.4, -0.2) is 10.8 Å². The molecule has 2 aromatic carbocycles. The van der Waals surface area contributed by atoms with Gasteiger partial charge in [0.1, 0.15) is 5.52 Å². The topological polar surface area (TPSA) is 43.1 Å². The van der Waals surface area contributed by atoms with Gasteiger partial charge in [0, 0.05) is 9.13 Å². The van der Waals surface area contributed by atoms with Crippen molar-refractivity contribution in [3.05, 3.63) is 63.6 Å². The van der Waals surface area contributed by atoms with E-state index in [1.165, 1.54) is 0 Å². The Balaban J connectivity index is 1.86. The summed E-state index contributed by atoms with van der Waals surface area (Å²) in [5.74, 6) is 0.482. The van der Waals surface area contributed by atoms with Crippen molar-refractivity contribution in [1.82, 2.24) is 4.98 Å². The summed E-state index contributed by atoms with van der Waals surface area (Å²) in [6.07, 6.45) is 0.189. The van der Waals surface area contributed by atoms with Crippen molar-refractivity contribution in [3.8, 4) is 0 Å². The first-order valence-electron chi connectivity index (χ1n) is 5.85. The maximum absolute atomic E-state index is 12.1. The molecule has 0 N–H and O–H groups in total. The third-order valence-electron chi connectivity index (χ3n) is 2.80. The number of nitrogens with zero attached hydrogens (tertiary/aromatic N) is 1. The van der Waals surface area contributed by atoms with E-state index < -0.39 is 0 Å². The first kappa shape index (κ1) is 12.3. The summed E-state index contributed by atoms with van der Waals surface area (Å²) < 4.78 is 6.60. The molecule has 4 heteroatoms. The average molecular weight is 363 g/mol. The van der Waals surface area contributed by atoms with E-state index in [1.54, 1.807) is 0 Å². The number of benzene rings is 2. The lowest BCUT2D eigenvalue weighted by atomic mass is 10.1. The van der Waals surface area contributed by atoms with Crippen molar-refractivity contribution in [3.63, 3.8) is 0 Å². The summed E-state index contributed by atoms with van der Waals surface area (Å²) in [4.78, 5) is 16.5. The van der Waals surface area contributed by atoms with Crippen LogP contribution in [0.4, 0.5) is 0 Å². The summed E-state index contributed by atoms with van der Waals surface area (Å²) >= 11 is 2.19. The van der Waals surface area contributed by atoms with Crippen LogP contribution in [0.5, 0.6) is 0 Å². The molecule has 0 unspecified atom stereocenters. The first-order chi connectivity index (χ1) is 9.22. The Kier molecular flexibility index (Phi) is 3.33. The minimum atomic E-state index is 0.0186. The van der Waals surface area contributed by atoms with Crippen molar-refractivity contribution < 1.29 is 9.21 Å². The lowest BCUT2D eigenvalue weighted by Crippen LogP contribution is -2.03. The quantitative estimate of drug-likeness (QED) is 0.524. The molecule has 0 aliphatic carbocycles. The van der Waals surface area contributed by atoms with Gasteiger partial charge in [-0.25, -0.2) is 4.98 Å². The third-order valence-corrected chi connectivity index (χ3v) is 3.47. The number of ketones is 1. The van der Waals surface area contributed by atoms with E-state index in [-0.39, 0.29) is 12.2 Å². The Morgan fingerprint density at radius 1 is 1.16 bits per heavy atom. The van der Waals surface area contributed by atoms with Gasteiger partial charge >= 0.3 is 0 Å². The van der Waals surface area contributed by atoms with Crippen LogP contribution < -0.4 is 0 Å². The van der Waals surface area contributed by atoms with Gasteiger partial charge in [0.15, 0.2) is 11.4 Å². The van der Waals surface area contributed by atoms with Crippen LogP contribution in [0.1, 0.15) is 16.2 Å². The standard InChI is InChI=1S/C15H10INO2/c16-11-5-3-4-10(8-11)13(18)9-15-17-12-6-1-2-7-14(12)19-15/h1-8H,9H2. The van der Waals surface area contributed by atoms with E-state index in [0.29, 0.717) is 17.0 Å². The maximum atomic E-state index is 12.1. The number of Topliss-reactive ketones (excluding diaryl/α,β-unsaturated/α-hetero) is 1. The Labute approximate surface area is 123 Å². The molecule has 0 saturated carbocycles. The molecule has 0 aliphatic rings. The normalized spacial score (nSPS) is 10.8. The van der Waals surface area contributed by atoms with Gasteiger partial charge in [0.2, 0.25) is 5.89 Å². The molecule has 0 bridgehead atoms. The predicted molar refractivity (Wildman–Crippen MR) is 81.2 cm³/mol. The molecule has 3 aromatic rings. The number of oxazole rings is 1. The Morgan fingerprint density at radius 2 is 2.00 bits per heavy atom. The number of hydrogen-bond acceptors (Lipinski definition) is 3. The van der Waals surface area contributed by atoms with Gasteiger partial charge in [-0.2, -0.15) is 0 Å². The Bertz CT molecular complexity index is 715. The minimum Gasteiger partial charge on any atom is -0.440 e. The second-order valence-electron chi connectivity index (χ2n) is 4.19. The fourth-order valence-electron chi connectivity index (χ4n) is 1.90. The molecule has 0 saturated heterocycles. The van der Waals surface area contributed by atoms with Gasteiger partial charge < -0.3 is 4.42 Å². The predicted octanol–water partition coefficient (Wildman–Crippen LogP) is 3.86. The fraction of sp³-hybridized carbons (Fsp3) is 0.0667. The van der Waals surface area contributed by atoms with Crippen molar-refractivity contribution in [2.24, 2.45) is 0 Å². The van der Waals surface area contributed by atoms with Crippen molar-refractivity contribution in [2.75, 3.05) is 0 Å². The second kappa shape index (κ2) is 5.13. The summed E-state index contributed by atoms with van der Waals surface area (Å²) in [7, 11) is 0. The van der Waals surface area contributed by atoms with Gasteiger partial charge in [-0.05, 0) is 46.9 Å². The summed E-state index contributed by atoms with van der Waals surface area (Å²) in [6.45, 7) is 0. The SMILES string of the molecule is O=C(Cc1nc2ccccc2o1)c1cccc(I)c1. The number of hydrogen-bond donors (Lipinski definition) is 0. The van der Waals surface area contributed by atoms with Gasteiger partial charge in [-0.15, -0.1) is 0 Å². The first-order valence-corrected chi connectivity index (χ1v) is 6.93. The highest BCUT2D eigenvalue weighted by Gasteiger charge is 2.12. The second-order valence-corrected chi connectivity index (χ2v) is 5.43. The van der Waals surface area contributed by atoms with Gasteiger partial charge in [-0.3, -0.25) is 4.79 Å². The van der Waals surface area contributed by atoms with Crippen LogP contribution in [0.3, 0.4) is 0 Å². The zero-order valence-corrected chi connectivity index (χ0v) is 12.1. The number of carbonyl (C=O) groups excluding carboxylic acids is 1. The highest BCUT2D eigenvalue weighted by atomic mass is 127. The summed E-state index contributed by atoms with van der Waals surface area (Å²) in [5.41, 5.74) is 2.19. The Morgan fingerprint density at radius 3 is 2.79 bits per heavy atom. The molecule has 0 radical (unpaired) electrons. The van der Waals surface area contributed by atoms with Crippen molar-refractivity contribution in [2.45, 2.75) is 6.42 Å². The molecule has 0 fully saturated rings. The van der Waals surface area contributed by atoms with E-state index in [9.17, 15) is 4.79 Å². The monoisotopic (exact) mass is 363 g/mol. The number of rotatable bonds is 3. The van der Waals surface area contributed by atoms with Crippen LogP contribution in [0, 0.1) is 3.57 Å². The third kappa shape index (κ3) is 2.68. The van der Waals surface area contributed by atoms with Gasteiger partial charge in [0.25, 0.3) is 0 Å². The van der Waals surface area contributed by atoms with Crippen molar-refractivity contribution >= 4 is 39.5 Å². The average Bonchev–Trinajstić information content (AvgIpc) is 2.80. The molecular formula is C15H10INO2. The highest BCUT2D eigenvalue weighted by molar-refractivity contribution is 14.1. The largest absolute Gasteiger partial charge is 0.440 e.